The predicted molar refractivity (Wildman–Crippen MR) is 93.4 cm³/mol. The van der Waals surface area contributed by atoms with Crippen LogP contribution in [0.5, 0.6) is 0 Å². The van der Waals surface area contributed by atoms with E-state index in [1.165, 1.54) is 11.1 Å². The summed E-state index contributed by atoms with van der Waals surface area (Å²) in [5.41, 5.74) is 5.73. The summed E-state index contributed by atoms with van der Waals surface area (Å²) in [6.45, 7) is 9.10. The van der Waals surface area contributed by atoms with E-state index in [-0.39, 0.29) is 6.04 Å². The van der Waals surface area contributed by atoms with Gasteiger partial charge in [0.2, 0.25) is 0 Å². The lowest BCUT2D eigenvalue weighted by Gasteiger charge is -2.35. The minimum absolute atomic E-state index is 0.240. The molecule has 0 saturated carbocycles. The van der Waals surface area contributed by atoms with Gasteiger partial charge in [0.05, 0.1) is 6.04 Å². The molecule has 4 atom stereocenters. The van der Waals surface area contributed by atoms with Crippen molar-refractivity contribution >= 4 is 23.5 Å². The Balaban J connectivity index is 2.11. The maximum absolute atomic E-state index is 5.84. The van der Waals surface area contributed by atoms with Crippen LogP contribution in [0.2, 0.25) is 0 Å². The van der Waals surface area contributed by atoms with E-state index in [1.807, 2.05) is 0 Å². The lowest BCUT2D eigenvalue weighted by molar-refractivity contribution is 0.549. The quantitative estimate of drug-likeness (QED) is 0.652. The van der Waals surface area contributed by atoms with Gasteiger partial charge in [0, 0.05) is 21.5 Å². The fraction of sp³-hybridized carbons (Fsp3) is 0.625. The van der Waals surface area contributed by atoms with E-state index in [2.05, 4.69) is 80.9 Å². The van der Waals surface area contributed by atoms with E-state index >= 15 is 0 Å². The molecule has 1 heterocycles. The molecule has 1 aliphatic rings. The summed E-state index contributed by atoms with van der Waals surface area (Å²) in [5.74, 6) is 7.58. The largest absolute Gasteiger partial charge is 0.271 e. The molecular weight excluding hydrogens is 284 g/mol. The lowest BCUT2D eigenvalue weighted by atomic mass is 9.98. The van der Waals surface area contributed by atoms with E-state index in [0.717, 1.165) is 11.0 Å². The molecule has 1 aliphatic heterocycles. The summed E-state index contributed by atoms with van der Waals surface area (Å²) in [7, 11) is 0. The highest BCUT2D eigenvalue weighted by atomic mass is 32.2. The first-order chi connectivity index (χ1) is 9.52. The standard InChI is InChI=1S/C16H26N2S2/c1-10(2)13-5-7-14(8-6-13)16(18-17)15-9-19-11(3)12(4)20-15/h5-8,10-12,15-16,18H,9,17H2,1-4H3. The van der Waals surface area contributed by atoms with Gasteiger partial charge in [-0.25, -0.2) is 0 Å². The van der Waals surface area contributed by atoms with Gasteiger partial charge in [-0.3, -0.25) is 11.3 Å². The molecule has 0 aromatic heterocycles. The second-order valence-electron chi connectivity index (χ2n) is 5.88. The van der Waals surface area contributed by atoms with Crippen molar-refractivity contribution in [3.8, 4) is 0 Å². The molecular formula is C16H26N2S2. The third-order valence-corrected chi connectivity index (χ3v) is 7.58. The zero-order valence-corrected chi connectivity index (χ0v) is 14.4. The summed E-state index contributed by atoms with van der Waals surface area (Å²) >= 11 is 4.13. The molecule has 0 spiro atoms. The smallest absolute Gasteiger partial charge is 0.0586 e. The van der Waals surface area contributed by atoms with Crippen molar-refractivity contribution in [2.75, 3.05) is 5.75 Å². The van der Waals surface area contributed by atoms with Gasteiger partial charge in [0.25, 0.3) is 0 Å². The Labute approximate surface area is 131 Å². The van der Waals surface area contributed by atoms with Crippen LogP contribution in [0.4, 0.5) is 0 Å². The highest BCUT2D eigenvalue weighted by Gasteiger charge is 2.31. The molecule has 0 amide bonds. The predicted octanol–water partition coefficient (Wildman–Crippen LogP) is 3.94. The van der Waals surface area contributed by atoms with Crippen LogP contribution < -0.4 is 11.3 Å². The first kappa shape index (κ1) is 16.2. The van der Waals surface area contributed by atoms with Crippen molar-refractivity contribution in [3.05, 3.63) is 35.4 Å². The Hall–Kier alpha value is -0.160. The fourth-order valence-corrected chi connectivity index (χ4v) is 5.59. The van der Waals surface area contributed by atoms with Crippen LogP contribution in [0.25, 0.3) is 0 Å². The molecule has 112 valence electrons. The van der Waals surface area contributed by atoms with Crippen molar-refractivity contribution in [3.63, 3.8) is 0 Å². The van der Waals surface area contributed by atoms with Gasteiger partial charge in [-0.2, -0.15) is 23.5 Å². The van der Waals surface area contributed by atoms with Gasteiger partial charge in [-0.15, -0.1) is 0 Å². The van der Waals surface area contributed by atoms with E-state index in [0.29, 0.717) is 16.4 Å². The van der Waals surface area contributed by atoms with Crippen LogP contribution in [-0.4, -0.2) is 21.5 Å². The number of hydrazine groups is 1. The van der Waals surface area contributed by atoms with Crippen LogP contribution >= 0.6 is 23.5 Å². The lowest BCUT2D eigenvalue weighted by Crippen LogP contribution is -2.40. The summed E-state index contributed by atoms with van der Waals surface area (Å²) in [6, 6.07) is 9.17. The topological polar surface area (TPSA) is 38.0 Å². The SMILES string of the molecule is CC(C)c1ccc(C(NN)C2CSC(C)C(C)S2)cc1. The Bertz CT molecular complexity index is 419. The summed E-state index contributed by atoms with van der Waals surface area (Å²) in [6.07, 6.45) is 0. The molecule has 20 heavy (non-hydrogen) atoms. The number of hydrogen-bond donors (Lipinski definition) is 2. The summed E-state index contributed by atoms with van der Waals surface area (Å²) in [4.78, 5) is 0. The molecule has 4 unspecified atom stereocenters. The molecule has 1 aromatic carbocycles. The van der Waals surface area contributed by atoms with Crippen molar-refractivity contribution in [1.82, 2.24) is 5.43 Å². The molecule has 0 aliphatic carbocycles. The number of nitrogens with one attached hydrogen (secondary N) is 1. The highest BCUT2D eigenvalue weighted by Crippen LogP contribution is 2.40. The average molecular weight is 311 g/mol. The molecule has 4 heteroatoms. The number of rotatable bonds is 4. The van der Waals surface area contributed by atoms with Gasteiger partial charge in [-0.05, 0) is 17.0 Å². The number of benzene rings is 1. The van der Waals surface area contributed by atoms with Crippen LogP contribution in [0.15, 0.2) is 24.3 Å². The maximum Gasteiger partial charge on any atom is 0.0586 e. The first-order valence-corrected chi connectivity index (χ1v) is 9.35. The van der Waals surface area contributed by atoms with Crippen LogP contribution in [0, 0.1) is 0 Å². The Morgan fingerprint density at radius 1 is 1.10 bits per heavy atom. The van der Waals surface area contributed by atoms with E-state index < -0.39 is 0 Å². The van der Waals surface area contributed by atoms with E-state index in [1.54, 1.807) is 0 Å². The van der Waals surface area contributed by atoms with E-state index in [4.69, 9.17) is 5.84 Å². The molecule has 0 radical (unpaired) electrons. The van der Waals surface area contributed by atoms with Gasteiger partial charge >= 0.3 is 0 Å². The number of hydrogen-bond acceptors (Lipinski definition) is 4. The zero-order chi connectivity index (χ0) is 14.7. The second kappa shape index (κ2) is 7.21. The van der Waals surface area contributed by atoms with E-state index in [9.17, 15) is 0 Å². The molecule has 3 N–H and O–H groups in total. The summed E-state index contributed by atoms with van der Waals surface area (Å²) in [5, 5.41) is 1.96. The summed E-state index contributed by atoms with van der Waals surface area (Å²) < 4.78 is 0. The normalized spacial score (nSPS) is 28.6. The van der Waals surface area contributed by atoms with Crippen LogP contribution in [0.3, 0.4) is 0 Å². The van der Waals surface area contributed by atoms with Crippen molar-refractivity contribution < 1.29 is 0 Å². The Morgan fingerprint density at radius 3 is 2.20 bits per heavy atom. The monoisotopic (exact) mass is 310 g/mol. The molecule has 1 fully saturated rings. The third-order valence-electron chi connectivity index (χ3n) is 4.09. The van der Waals surface area contributed by atoms with Gasteiger partial charge in [0.1, 0.15) is 0 Å². The molecule has 0 bridgehead atoms. The molecule has 2 rings (SSSR count). The fourth-order valence-electron chi connectivity index (χ4n) is 2.49. The second-order valence-corrected chi connectivity index (χ2v) is 8.92. The third kappa shape index (κ3) is 3.73. The Kier molecular flexibility index (Phi) is 5.84. The number of thioether (sulfide) groups is 2. The Morgan fingerprint density at radius 2 is 1.70 bits per heavy atom. The molecule has 1 saturated heterocycles. The molecule has 1 aromatic rings. The van der Waals surface area contributed by atoms with Crippen molar-refractivity contribution in [2.45, 2.75) is 55.4 Å². The van der Waals surface area contributed by atoms with Crippen molar-refractivity contribution in [2.24, 2.45) is 5.84 Å². The number of nitrogens with two attached hydrogens (primary N) is 1. The van der Waals surface area contributed by atoms with Crippen LogP contribution in [0.1, 0.15) is 50.8 Å². The minimum Gasteiger partial charge on any atom is -0.271 e. The highest BCUT2D eigenvalue weighted by molar-refractivity contribution is 8.07. The minimum atomic E-state index is 0.240. The van der Waals surface area contributed by atoms with Gasteiger partial charge in [-0.1, -0.05) is 52.0 Å². The zero-order valence-electron chi connectivity index (χ0n) is 12.8. The van der Waals surface area contributed by atoms with Gasteiger partial charge < -0.3 is 0 Å². The average Bonchev–Trinajstić information content (AvgIpc) is 2.44. The van der Waals surface area contributed by atoms with Crippen LogP contribution in [-0.2, 0) is 0 Å². The first-order valence-electron chi connectivity index (χ1n) is 7.36. The molecule has 2 nitrogen and oxygen atoms in total. The van der Waals surface area contributed by atoms with Crippen molar-refractivity contribution in [1.29, 1.82) is 0 Å². The maximum atomic E-state index is 5.84. The van der Waals surface area contributed by atoms with Gasteiger partial charge in [0.15, 0.2) is 0 Å².